The maximum atomic E-state index is 11.7. The van der Waals surface area contributed by atoms with Crippen molar-refractivity contribution in [2.75, 3.05) is 6.61 Å². The van der Waals surface area contributed by atoms with Crippen molar-refractivity contribution in [2.45, 2.75) is 109 Å². The Morgan fingerprint density at radius 3 is 2.12 bits per heavy atom. The van der Waals surface area contributed by atoms with Crippen LogP contribution in [0.3, 0.4) is 0 Å². The number of allylic oxidation sites excluding steroid dienone is 2. The second-order valence-corrected chi connectivity index (χ2v) is 7.41. The third-order valence-corrected chi connectivity index (χ3v) is 4.93. The van der Waals surface area contributed by atoms with E-state index in [1.165, 1.54) is 70.6 Å². The minimum atomic E-state index is -0.409. The van der Waals surface area contributed by atoms with E-state index in [1.807, 2.05) is 0 Å². The maximum Gasteiger partial charge on any atom is 0.328 e. The van der Waals surface area contributed by atoms with Gasteiger partial charge in [0.15, 0.2) is 0 Å². The van der Waals surface area contributed by atoms with Crippen LogP contribution < -0.4 is 5.32 Å². The second kappa shape index (κ2) is 15.9. The van der Waals surface area contributed by atoms with Crippen molar-refractivity contribution in [3.05, 3.63) is 12.2 Å². The lowest BCUT2D eigenvalue weighted by molar-refractivity contribution is -0.146. The quantitative estimate of drug-likeness (QED) is 0.225. The fourth-order valence-electron chi connectivity index (χ4n) is 3.24. The Bertz CT molecular complexity index is 406. The van der Waals surface area contributed by atoms with Crippen LogP contribution in [0.15, 0.2) is 12.2 Å². The van der Waals surface area contributed by atoms with Crippen molar-refractivity contribution in [1.82, 2.24) is 5.32 Å². The van der Waals surface area contributed by atoms with Gasteiger partial charge in [0, 0.05) is 6.42 Å². The van der Waals surface area contributed by atoms with E-state index in [-0.39, 0.29) is 11.9 Å². The van der Waals surface area contributed by atoms with E-state index >= 15 is 0 Å². The molecule has 0 spiro atoms. The first kappa shape index (κ1) is 22.7. The summed E-state index contributed by atoms with van der Waals surface area (Å²) in [6.45, 7) is 2.73. The first-order valence-corrected chi connectivity index (χ1v) is 10.8. The lowest BCUT2D eigenvalue weighted by atomic mass is 10.1. The minimum absolute atomic E-state index is 0.0463. The molecule has 1 fully saturated rings. The molecular weight excluding hydrogens is 326 g/mol. The van der Waals surface area contributed by atoms with Gasteiger partial charge in [0.05, 0.1) is 6.61 Å². The topological polar surface area (TPSA) is 55.4 Å². The summed E-state index contributed by atoms with van der Waals surface area (Å²) in [7, 11) is 0. The SMILES string of the molecule is CCCCC/C=C/CCCCCCCCCCOC(=O)[C@@H]1CCC(=O)N1. The van der Waals surface area contributed by atoms with E-state index in [0.717, 1.165) is 12.8 Å². The molecule has 1 heterocycles. The zero-order chi connectivity index (χ0) is 18.9. The number of amides is 1. The van der Waals surface area contributed by atoms with Crippen molar-refractivity contribution < 1.29 is 14.3 Å². The summed E-state index contributed by atoms with van der Waals surface area (Å²) in [5.74, 6) is -0.315. The van der Waals surface area contributed by atoms with Crippen LogP contribution in [0.2, 0.25) is 0 Å². The first-order valence-electron chi connectivity index (χ1n) is 10.8. The zero-order valence-corrected chi connectivity index (χ0v) is 16.8. The highest BCUT2D eigenvalue weighted by atomic mass is 16.5. The summed E-state index contributed by atoms with van der Waals surface area (Å²) in [5, 5.41) is 2.64. The Balaban J connectivity index is 1.77. The summed E-state index contributed by atoms with van der Waals surface area (Å²) >= 11 is 0. The van der Waals surface area contributed by atoms with Gasteiger partial charge in [-0.2, -0.15) is 0 Å². The van der Waals surface area contributed by atoms with Crippen LogP contribution in [0.1, 0.15) is 103 Å². The fraction of sp³-hybridized carbons (Fsp3) is 0.818. The average molecular weight is 366 g/mol. The van der Waals surface area contributed by atoms with E-state index in [9.17, 15) is 9.59 Å². The molecule has 4 nitrogen and oxygen atoms in total. The highest BCUT2D eigenvalue weighted by Crippen LogP contribution is 2.11. The Labute approximate surface area is 160 Å². The molecule has 1 saturated heterocycles. The van der Waals surface area contributed by atoms with Gasteiger partial charge in [-0.3, -0.25) is 4.79 Å². The summed E-state index contributed by atoms with van der Waals surface area (Å²) in [6.07, 6.45) is 22.0. The number of carbonyl (C=O) groups excluding carboxylic acids is 2. The second-order valence-electron chi connectivity index (χ2n) is 7.41. The van der Waals surface area contributed by atoms with Crippen LogP contribution >= 0.6 is 0 Å². The van der Waals surface area contributed by atoms with Crippen LogP contribution in [0.4, 0.5) is 0 Å². The van der Waals surface area contributed by atoms with Crippen molar-refractivity contribution >= 4 is 11.9 Å². The summed E-state index contributed by atoms with van der Waals surface area (Å²) in [5.41, 5.74) is 0. The number of hydrogen-bond acceptors (Lipinski definition) is 3. The number of nitrogens with one attached hydrogen (secondary N) is 1. The standard InChI is InChI=1S/C22H39NO3/c1-2-3-4-5-6-7-8-9-10-11-12-13-14-15-16-19-26-22(25)20-17-18-21(24)23-20/h6-7,20H,2-5,8-19H2,1H3,(H,23,24)/b7-6+/t20-/m0/s1. The molecule has 1 rings (SSSR count). The molecule has 1 aliphatic heterocycles. The largest absolute Gasteiger partial charge is 0.464 e. The van der Waals surface area contributed by atoms with Crippen molar-refractivity contribution in [1.29, 1.82) is 0 Å². The molecule has 1 aliphatic rings. The Hall–Kier alpha value is -1.32. The zero-order valence-electron chi connectivity index (χ0n) is 16.8. The van der Waals surface area contributed by atoms with E-state index in [4.69, 9.17) is 4.74 Å². The van der Waals surface area contributed by atoms with Crippen LogP contribution in [0.5, 0.6) is 0 Å². The van der Waals surface area contributed by atoms with Crippen molar-refractivity contribution in [2.24, 2.45) is 0 Å². The number of rotatable bonds is 16. The highest BCUT2D eigenvalue weighted by Gasteiger charge is 2.28. The van der Waals surface area contributed by atoms with Gasteiger partial charge in [0.1, 0.15) is 6.04 Å². The summed E-state index contributed by atoms with van der Waals surface area (Å²) in [6, 6.07) is -0.409. The molecule has 0 bridgehead atoms. The summed E-state index contributed by atoms with van der Waals surface area (Å²) < 4.78 is 5.23. The summed E-state index contributed by atoms with van der Waals surface area (Å²) in [4.78, 5) is 22.8. The Morgan fingerprint density at radius 2 is 1.54 bits per heavy atom. The van der Waals surface area contributed by atoms with E-state index in [1.54, 1.807) is 0 Å². The van der Waals surface area contributed by atoms with Gasteiger partial charge in [-0.05, 0) is 38.5 Å². The minimum Gasteiger partial charge on any atom is -0.464 e. The van der Waals surface area contributed by atoms with Crippen LogP contribution in [0, 0.1) is 0 Å². The molecule has 4 heteroatoms. The van der Waals surface area contributed by atoms with Crippen LogP contribution in [-0.2, 0) is 14.3 Å². The van der Waals surface area contributed by atoms with Gasteiger partial charge in [0.25, 0.3) is 0 Å². The van der Waals surface area contributed by atoms with Crippen molar-refractivity contribution in [3.63, 3.8) is 0 Å². The molecule has 0 unspecified atom stereocenters. The molecule has 0 aromatic heterocycles. The third kappa shape index (κ3) is 12.1. The number of hydrogen-bond donors (Lipinski definition) is 1. The Morgan fingerprint density at radius 1 is 0.962 bits per heavy atom. The van der Waals surface area contributed by atoms with Crippen molar-refractivity contribution in [3.8, 4) is 0 Å². The normalized spacial score (nSPS) is 17.0. The number of carbonyl (C=O) groups is 2. The Kier molecular flexibility index (Phi) is 13.9. The third-order valence-electron chi connectivity index (χ3n) is 4.93. The molecule has 0 aliphatic carbocycles. The van der Waals surface area contributed by atoms with Gasteiger partial charge in [-0.1, -0.05) is 70.4 Å². The fourth-order valence-corrected chi connectivity index (χ4v) is 3.24. The maximum absolute atomic E-state index is 11.7. The molecule has 0 aromatic rings. The first-order chi connectivity index (χ1) is 12.7. The molecule has 0 aromatic carbocycles. The predicted octanol–water partition coefficient (Wildman–Crippen LogP) is 5.46. The molecule has 0 saturated carbocycles. The van der Waals surface area contributed by atoms with Gasteiger partial charge >= 0.3 is 5.97 Å². The number of unbranched alkanes of at least 4 members (excludes halogenated alkanes) is 11. The van der Waals surface area contributed by atoms with E-state index in [2.05, 4.69) is 24.4 Å². The predicted molar refractivity (Wildman–Crippen MR) is 107 cm³/mol. The van der Waals surface area contributed by atoms with E-state index in [0.29, 0.717) is 19.4 Å². The monoisotopic (exact) mass is 365 g/mol. The lowest BCUT2D eigenvalue weighted by Gasteiger charge is -2.09. The molecule has 1 atom stereocenters. The molecule has 1 N–H and O–H groups in total. The molecule has 150 valence electrons. The molecular formula is C22H39NO3. The molecule has 26 heavy (non-hydrogen) atoms. The van der Waals surface area contributed by atoms with Crippen LogP contribution in [-0.4, -0.2) is 24.5 Å². The van der Waals surface area contributed by atoms with E-state index < -0.39 is 6.04 Å². The van der Waals surface area contributed by atoms with Crippen LogP contribution in [0.25, 0.3) is 0 Å². The lowest BCUT2D eigenvalue weighted by Crippen LogP contribution is -2.34. The van der Waals surface area contributed by atoms with Gasteiger partial charge < -0.3 is 10.1 Å². The highest BCUT2D eigenvalue weighted by molar-refractivity contribution is 5.87. The van der Waals surface area contributed by atoms with Gasteiger partial charge in [-0.15, -0.1) is 0 Å². The number of esters is 1. The average Bonchev–Trinajstić information content (AvgIpc) is 3.07. The van der Waals surface area contributed by atoms with Gasteiger partial charge in [-0.25, -0.2) is 4.79 Å². The molecule has 1 amide bonds. The molecule has 0 radical (unpaired) electrons. The number of ether oxygens (including phenoxy) is 1. The van der Waals surface area contributed by atoms with Gasteiger partial charge in [0.2, 0.25) is 5.91 Å². The smallest absolute Gasteiger partial charge is 0.328 e.